The minimum absolute atomic E-state index is 0.0187. The first-order chi connectivity index (χ1) is 14.1. The maximum absolute atomic E-state index is 12.9. The number of allylic oxidation sites excluding steroid dienone is 1. The summed E-state index contributed by atoms with van der Waals surface area (Å²) in [6, 6.07) is 14.8. The molecule has 0 fully saturated rings. The topological polar surface area (TPSA) is 118 Å². The molecule has 1 atom stereocenters. The number of benzene rings is 1. The van der Waals surface area contributed by atoms with Crippen LogP contribution in [-0.2, 0) is 14.3 Å². The quantitative estimate of drug-likeness (QED) is 0.675. The Bertz CT molecular complexity index is 1000. The zero-order valence-corrected chi connectivity index (χ0v) is 16.5. The molecule has 1 unspecified atom stereocenters. The number of nitrogens with zero attached hydrogens (tertiary/aromatic N) is 1. The molecular formula is C21H19N3O4S. The van der Waals surface area contributed by atoms with Crippen LogP contribution in [0.25, 0.3) is 5.70 Å². The summed E-state index contributed by atoms with van der Waals surface area (Å²) >= 11 is 1.11. The van der Waals surface area contributed by atoms with E-state index in [9.17, 15) is 14.9 Å². The number of amides is 1. The molecule has 0 aliphatic carbocycles. The van der Waals surface area contributed by atoms with Crippen molar-refractivity contribution in [2.24, 2.45) is 5.73 Å². The maximum atomic E-state index is 12.9. The Morgan fingerprint density at radius 1 is 1.28 bits per heavy atom. The van der Waals surface area contributed by atoms with Gasteiger partial charge in [-0.1, -0.05) is 42.1 Å². The molecule has 8 heteroatoms. The first kappa shape index (κ1) is 20.3. The molecule has 0 saturated carbocycles. The second-order valence-electron chi connectivity index (χ2n) is 6.06. The highest BCUT2D eigenvalue weighted by atomic mass is 32.2. The highest BCUT2D eigenvalue weighted by Crippen LogP contribution is 2.43. The van der Waals surface area contributed by atoms with E-state index in [4.69, 9.17) is 14.9 Å². The number of hydrogen-bond acceptors (Lipinski definition) is 7. The minimum Gasteiger partial charge on any atom is -0.468 e. The number of ether oxygens (including phenoxy) is 1. The van der Waals surface area contributed by atoms with E-state index in [1.165, 1.54) is 6.26 Å². The predicted octanol–water partition coefficient (Wildman–Crippen LogP) is 2.89. The Kier molecular flexibility index (Phi) is 6.42. The van der Waals surface area contributed by atoms with Crippen molar-refractivity contribution in [2.45, 2.75) is 12.8 Å². The van der Waals surface area contributed by atoms with Gasteiger partial charge in [0.15, 0.2) is 0 Å². The minimum atomic E-state index is -0.777. The second-order valence-corrected chi connectivity index (χ2v) is 7.04. The van der Waals surface area contributed by atoms with E-state index in [1.54, 1.807) is 19.1 Å². The van der Waals surface area contributed by atoms with Crippen molar-refractivity contribution in [1.82, 2.24) is 5.32 Å². The molecule has 29 heavy (non-hydrogen) atoms. The van der Waals surface area contributed by atoms with Gasteiger partial charge in [-0.15, -0.1) is 0 Å². The molecule has 1 aliphatic heterocycles. The molecule has 0 bridgehead atoms. The molecule has 7 nitrogen and oxygen atoms in total. The Morgan fingerprint density at radius 3 is 2.62 bits per heavy atom. The van der Waals surface area contributed by atoms with Crippen molar-refractivity contribution in [3.05, 3.63) is 76.2 Å². The number of dihydropyridines is 1. The molecular weight excluding hydrogens is 390 g/mol. The van der Waals surface area contributed by atoms with Gasteiger partial charge in [-0.3, -0.25) is 4.79 Å². The molecule has 1 aliphatic rings. The van der Waals surface area contributed by atoms with E-state index in [0.717, 1.165) is 17.3 Å². The lowest BCUT2D eigenvalue weighted by Gasteiger charge is -2.29. The van der Waals surface area contributed by atoms with Gasteiger partial charge >= 0.3 is 5.97 Å². The van der Waals surface area contributed by atoms with Crippen molar-refractivity contribution in [3.63, 3.8) is 0 Å². The van der Waals surface area contributed by atoms with Gasteiger partial charge in [0.1, 0.15) is 5.76 Å². The lowest BCUT2D eigenvalue weighted by atomic mass is 9.84. The van der Waals surface area contributed by atoms with Crippen molar-refractivity contribution in [3.8, 4) is 6.07 Å². The summed E-state index contributed by atoms with van der Waals surface area (Å²) in [5.41, 5.74) is 7.05. The lowest BCUT2D eigenvalue weighted by molar-refractivity contribution is -0.138. The number of thioether (sulfide) groups is 1. The van der Waals surface area contributed by atoms with Crippen LogP contribution in [-0.4, -0.2) is 24.2 Å². The average molecular weight is 409 g/mol. The molecule has 2 heterocycles. The maximum Gasteiger partial charge on any atom is 0.337 e. The van der Waals surface area contributed by atoms with Crippen LogP contribution in [0.2, 0.25) is 0 Å². The van der Waals surface area contributed by atoms with E-state index in [-0.39, 0.29) is 23.5 Å². The number of carbonyl (C=O) groups is 2. The summed E-state index contributed by atoms with van der Waals surface area (Å²) in [7, 11) is 0. The molecule has 1 aromatic heterocycles. The SMILES string of the molecule is CCOC(=O)C1=C(c2ccccc2)NC(SCC(N)=O)=C(C#N)C1c1ccco1. The first-order valence-electron chi connectivity index (χ1n) is 8.89. The monoisotopic (exact) mass is 409 g/mol. The summed E-state index contributed by atoms with van der Waals surface area (Å²) in [4.78, 5) is 24.3. The average Bonchev–Trinajstić information content (AvgIpc) is 3.26. The van der Waals surface area contributed by atoms with Gasteiger partial charge in [0.2, 0.25) is 5.91 Å². The normalized spacial score (nSPS) is 16.2. The standard InChI is InChI=1S/C21H19N3O4S/c1-2-27-21(26)18-17(15-9-6-10-28-15)14(11-22)20(29-12-16(23)25)24-19(18)13-7-4-3-5-8-13/h3-10,17,24H,2,12H2,1H3,(H2,23,25). The molecule has 3 rings (SSSR count). The fourth-order valence-corrected chi connectivity index (χ4v) is 3.82. The van der Waals surface area contributed by atoms with Crippen LogP contribution in [0.1, 0.15) is 24.2 Å². The van der Waals surface area contributed by atoms with E-state index in [0.29, 0.717) is 16.5 Å². The zero-order valence-electron chi connectivity index (χ0n) is 15.7. The van der Waals surface area contributed by atoms with Crippen molar-refractivity contribution in [2.75, 3.05) is 12.4 Å². The number of hydrogen-bond donors (Lipinski definition) is 2. The van der Waals surface area contributed by atoms with Gasteiger partial charge in [-0.25, -0.2) is 4.79 Å². The van der Waals surface area contributed by atoms with Crippen molar-refractivity contribution in [1.29, 1.82) is 5.26 Å². The third kappa shape index (κ3) is 4.36. The van der Waals surface area contributed by atoms with Crippen molar-refractivity contribution >= 4 is 29.3 Å². The summed E-state index contributed by atoms with van der Waals surface area (Å²) in [6.45, 7) is 1.90. The third-order valence-electron chi connectivity index (χ3n) is 4.19. The van der Waals surface area contributed by atoms with Crippen LogP contribution < -0.4 is 11.1 Å². The van der Waals surface area contributed by atoms with Gasteiger partial charge in [-0.2, -0.15) is 5.26 Å². The molecule has 1 aromatic carbocycles. The molecule has 0 radical (unpaired) electrons. The number of rotatable bonds is 7. The number of nitrogens with two attached hydrogens (primary N) is 1. The van der Waals surface area contributed by atoms with Gasteiger partial charge in [0, 0.05) is 0 Å². The van der Waals surface area contributed by atoms with Crippen LogP contribution in [0, 0.1) is 11.3 Å². The number of nitrogens with one attached hydrogen (secondary N) is 1. The number of carbonyl (C=O) groups excluding carboxylic acids is 2. The fourth-order valence-electron chi connectivity index (χ4n) is 3.04. The Labute approximate surface area is 172 Å². The van der Waals surface area contributed by atoms with Crippen molar-refractivity contribution < 1.29 is 18.7 Å². The van der Waals surface area contributed by atoms with E-state index >= 15 is 0 Å². The third-order valence-corrected chi connectivity index (χ3v) is 5.23. The van der Waals surface area contributed by atoms with Gasteiger partial charge in [0.25, 0.3) is 0 Å². The molecule has 0 saturated heterocycles. The first-order valence-corrected chi connectivity index (χ1v) is 9.87. The number of furan rings is 1. The Morgan fingerprint density at radius 2 is 2.03 bits per heavy atom. The summed E-state index contributed by atoms with van der Waals surface area (Å²) in [5.74, 6) is -1.43. The number of esters is 1. The Hall–Kier alpha value is -3.44. The van der Waals surface area contributed by atoms with E-state index < -0.39 is 17.8 Å². The predicted molar refractivity (Wildman–Crippen MR) is 109 cm³/mol. The number of primary amides is 1. The summed E-state index contributed by atoms with van der Waals surface area (Å²) in [5, 5.41) is 13.5. The number of nitriles is 1. The molecule has 1 amide bonds. The Balaban J connectivity index is 2.22. The van der Waals surface area contributed by atoms with Gasteiger partial charge < -0.3 is 20.2 Å². The zero-order chi connectivity index (χ0) is 20.8. The van der Waals surface area contributed by atoms with Gasteiger partial charge in [-0.05, 0) is 24.6 Å². The molecule has 0 spiro atoms. The molecule has 3 N–H and O–H groups in total. The highest BCUT2D eigenvalue weighted by molar-refractivity contribution is 8.03. The van der Waals surface area contributed by atoms with Crippen LogP contribution in [0.4, 0.5) is 0 Å². The van der Waals surface area contributed by atoms with Crippen LogP contribution >= 0.6 is 11.8 Å². The lowest BCUT2D eigenvalue weighted by Crippen LogP contribution is -2.29. The van der Waals surface area contributed by atoms with Crippen LogP contribution in [0.3, 0.4) is 0 Å². The smallest absolute Gasteiger partial charge is 0.337 e. The fraction of sp³-hybridized carbons (Fsp3) is 0.190. The highest BCUT2D eigenvalue weighted by Gasteiger charge is 2.38. The van der Waals surface area contributed by atoms with Crippen LogP contribution in [0.15, 0.2) is 69.3 Å². The molecule has 2 aromatic rings. The van der Waals surface area contributed by atoms with E-state index in [1.807, 2.05) is 30.3 Å². The summed E-state index contributed by atoms with van der Waals surface area (Å²) in [6.07, 6.45) is 1.48. The largest absolute Gasteiger partial charge is 0.468 e. The molecule has 148 valence electrons. The van der Waals surface area contributed by atoms with Crippen LogP contribution in [0.5, 0.6) is 0 Å². The second kappa shape index (κ2) is 9.17. The van der Waals surface area contributed by atoms with Gasteiger partial charge in [0.05, 0.1) is 52.5 Å². The summed E-state index contributed by atoms with van der Waals surface area (Å²) < 4.78 is 10.9. The van der Waals surface area contributed by atoms with E-state index in [2.05, 4.69) is 11.4 Å².